The molecule has 0 spiro atoms. The van der Waals surface area contributed by atoms with Crippen LogP contribution in [0.5, 0.6) is 0 Å². The van der Waals surface area contributed by atoms with Crippen molar-refractivity contribution >= 4 is 76.3 Å². The molecule has 0 saturated heterocycles. The summed E-state index contributed by atoms with van der Waals surface area (Å²) in [6.07, 6.45) is 0. The summed E-state index contributed by atoms with van der Waals surface area (Å²) in [6.45, 7) is 0. The average molecular weight is 702 g/mol. The molecule has 12 rings (SSSR count). The van der Waals surface area contributed by atoms with Crippen molar-refractivity contribution < 1.29 is 8.83 Å². The number of hydrogen-bond donors (Lipinski definition) is 0. The summed E-state index contributed by atoms with van der Waals surface area (Å²) in [6, 6.07) is 67.1. The highest BCUT2D eigenvalue weighted by atomic mass is 16.3. The van der Waals surface area contributed by atoms with Gasteiger partial charge in [-0.25, -0.2) is 0 Å². The van der Waals surface area contributed by atoms with Crippen LogP contribution in [0, 0.1) is 0 Å². The zero-order chi connectivity index (χ0) is 36.0. The minimum atomic E-state index is 0.815. The van der Waals surface area contributed by atoms with Crippen molar-refractivity contribution in [1.82, 2.24) is 4.57 Å². The number of fused-ring (bicyclic) bond motifs is 10. The number of benzene rings is 9. The summed E-state index contributed by atoms with van der Waals surface area (Å²) in [7, 11) is 0. The minimum absolute atomic E-state index is 0.815. The van der Waals surface area contributed by atoms with Gasteiger partial charge < -0.3 is 13.4 Å². The van der Waals surface area contributed by atoms with Crippen molar-refractivity contribution in [3.8, 4) is 39.3 Å². The Morgan fingerprint density at radius 2 is 0.927 bits per heavy atom. The Kier molecular flexibility index (Phi) is 6.34. The Bertz CT molecular complexity index is 3420. The molecule has 3 nitrogen and oxygen atoms in total. The third-order valence-corrected chi connectivity index (χ3v) is 11.4. The van der Waals surface area contributed by atoms with Crippen LogP contribution in [0.25, 0.3) is 116 Å². The number of para-hydroxylation sites is 3. The van der Waals surface area contributed by atoms with Crippen molar-refractivity contribution in [3.63, 3.8) is 0 Å². The standard InChI is InChI=1S/C52H31NO2/c1-3-15-32(16-4-1)46-31-33-29-30-45-50(51(33)55-46)42-26-13-25-41(52(42)54-45)48-37-21-9-7-19-35(37)47(36-20-8-10-22-38(36)48)40-24-14-28-44-49(40)39-23-11-12-27-43(39)53(44)34-17-5-2-6-18-34/h1-31H. The molecule has 3 aromatic heterocycles. The molecule has 12 aromatic rings. The molecule has 3 heterocycles. The topological polar surface area (TPSA) is 31.2 Å². The second kappa shape index (κ2) is 11.6. The van der Waals surface area contributed by atoms with Gasteiger partial charge in [-0.2, -0.15) is 0 Å². The smallest absolute Gasteiger partial charge is 0.146 e. The van der Waals surface area contributed by atoms with E-state index >= 15 is 0 Å². The van der Waals surface area contributed by atoms with Crippen molar-refractivity contribution in [2.24, 2.45) is 0 Å². The molecule has 0 fully saturated rings. The molecule has 0 aliphatic heterocycles. The van der Waals surface area contributed by atoms with Crippen molar-refractivity contribution in [2.75, 3.05) is 0 Å². The van der Waals surface area contributed by atoms with E-state index in [2.05, 4.69) is 174 Å². The van der Waals surface area contributed by atoms with E-state index in [1.807, 2.05) is 18.2 Å². The molecule has 0 bridgehead atoms. The van der Waals surface area contributed by atoms with Gasteiger partial charge in [0.05, 0.1) is 16.4 Å². The van der Waals surface area contributed by atoms with Gasteiger partial charge in [-0.1, -0.05) is 146 Å². The molecule has 0 N–H and O–H groups in total. The lowest BCUT2D eigenvalue weighted by molar-refractivity contribution is 0.633. The van der Waals surface area contributed by atoms with E-state index in [1.165, 1.54) is 60.0 Å². The van der Waals surface area contributed by atoms with Gasteiger partial charge in [-0.05, 0) is 75.1 Å². The molecule has 55 heavy (non-hydrogen) atoms. The zero-order valence-electron chi connectivity index (χ0n) is 29.7. The predicted octanol–water partition coefficient (Wildman–Crippen LogP) is 14.7. The fourth-order valence-electron chi connectivity index (χ4n) is 9.11. The van der Waals surface area contributed by atoms with Gasteiger partial charge in [-0.3, -0.25) is 0 Å². The van der Waals surface area contributed by atoms with E-state index < -0.39 is 0 Å². The molecule has 0 unspecified atom stereocenters. The van der Waals surface area contributed by atoms with Crippen LogP contribution < -0.4 is 0 Å². The van der Waals surface area contributed by atoms with Crippen LogP contribution in [0.1, 0.15) is 0 Å². The van der Waals surface area contributed by atoms with Crippen molar-refractivity contribution in [2.45, 2.75) is 0 Å². The molecule has 0 aliphatic rings. The fraction of sp³-hybridized carbons (Fsp3) is 0. The molecule has 0 radical (unpaired) electrons. The first-order valence-electron chi connectivity index (χ1n) is 18.8. The van der Waals surface area contributed by atoms with Gasteiger partial charge >= 0.3 is 0 Å². The van der Waals surface area contributed by atoms with E-state index in [0.29, 0.717) is 0 Å². The summed E-state index contributed by atoms with van der Waals surface area (Å²) in [5.74, 6) is 0.850. The van der Waals surface area contributed by atoms with Gasteiger partial charge in [0.15, 0.2) is 0 Å². The third-order valence-electron chi connectivity index (χ3n) is 11.4. The highest BCUT2D eigenvalue weighted by molar-refractivity contribution is 6.28. The largest absolute Gasteiger partial charge is 0.455 e. The van der Waals surface area contributed by atoms with Gasteiger partial charge in [-0.15, -0.1) is 0 Å². The molecule has 256 valence electrons. The number of hydrogen-bond acceptors (Lipinski definition) is 2. The van der Waals surface area contributed by atoms with Crippen LogP contribution in [-0.2, 0) is 0 Å². The lowest BCUT2D eigenvalue weighted by Crippen LogP contribution is -1.94. The first-order valence-corrected chi connectivity index (χ1v) is 18.8. The second-order valence-electron chi connectivity index (χ2n) is 14.3. The summed E-state index contributed by atoms with van der Waals surface area (Å²) in [5, 5.41) is 10.4. The fourth-order valence-corrected chi connectivity index (χ4v) is 9.11. The molecule has 0 atom stereocenters. The lowest BCUT2D eigenvalue weighted by atomic mass is 9.84. The Labute approximate surface area is 315 Å². The van der Waals surface area contributed by atoms with E-state index in [9.17, 15) is 0 Å². The van der Waals surface area contributed by atoms with E-state index in [4.69, 9.17) is 8.83 Å². The molecule has 9 aromatic carbocycles. The first-order chi connectivity index (χ1) is 27.3. The Morgan fingerprint density at radius 3 is 1.65 bits per heavy atom. The molecule has 0 saturated carbocycles. The Hall–Kier alpha value is -7.36. The van der Waals surface area contributed by atoms with Gasteiger partial charge in [0.2, 0.25) is 0 Å². The first kappa shape index (κ1) is 30.1. The maximum absolute atomic E-state index is 6.86. The van der Waals surface area contributed by atoms with E-state index in [-0.39, 0.29) is 0 Å². The quantitative estimate of drug-likeness (QED) is 0.171. The lowest BCUT2D eigenvalue weighted by Gasteiger charge is -2.18. The SMILES string of the molecule is c1ccc(-c2cc3ccc4oc5c(-c6c7ccccc7c(-c7cccc8c7c7ccccc7n8-c7ccccc7)c7ccccc67)cccc5c4c3o2)cc1. The highest BCUT2D eigenvalue weighted by Gasteiger charge is 2.24. The molecular weight excluding hydrogens is 671 g/mol. The van der Waals surface area contributed by atoms with Crippen LogP contribution in [0.4, 0.5) is 0 Å². The van der Waals surface area contributed by atoms with Crippen molar-refractivity contribution in [3.05, 3.63) is 188 Å². The highest BCUT2D eigenvalue weighted by Crippen LogP contribution is 2.49. The minimum Gasteiger partial charge on any atom is -0.455 e. The third kappa shape index (κ3) is 4.32. The van der Waals surface area contributed by atoms with Crippen LogP contribution in [0.3, 0.4) is 0 Å². The maximum Gasteiger partial charge on any atom is 0.146 e. The van der Waals surface area contributed by atoms with Gasteiger partial charge in [0.25, 0.3) is 0 Å². The zero-order valence-corrected chi connectivity index (χ0v) is 29.7. The predicted molar refractivity (Wildman–Crippen MR) is 229 cm³/mol. The summed E-state index contributed by atoms with van der Waals surface area (Å²) in [5.41, 5.74) is 11.8. The van der Waals surface area contributed by atoms with Crippen molar-refractivity contribution in [1.29, 1.82) is 0 Å². The maximum atomic E-state index is 6.86. The van der Waals surface area contributed by atoms with Gasteiger partial charge in [0, 0.05) is 43.9 Å². The number of furan rings is 2. The number of nitrogens with zero attached hydrogens (tertiary/aromatic N) is 1. The Balaban J connectivity index is 1.16. The normalized spacial score (nSPS) is 12.0. The van der Waals surface area contributed by atoms with Crippen LogP contribution in [0.15, 0.2) is 197 Å². The summed E-state index contributed by atoms with van der Waals surface area (Å²) < 4.78 is 15.9. The van der Waals surface area contributed by atoms with Crippen LogP contribution >= 0.6 is 0 Å². The van der Waals surface area contributed by atoms with Gasteiger partial charge in [0.1, 0.15) is 22.5 Å². The second-order valence-corrected chi connectivity index (χ2v) is 14.3. The van der Waals surface area contributed by atoms with E-state index in [0.717, 1.165) is 55.5 Å². The number of rotatable bonds is 4. The van der Waals surface area contributed by atoms with Crippen LogP contribution in [-0.4, -0.2) is 4.57 Å². The molecular formula is C52H31NO2. The number of aromatic nitrogens is 1. The Morgan fingerprint density at radius 1 is 0.364 bits per heavy atom. The molecule has 0 aliphatic carbocycles. The summed E-state index contributed by atoms with van der Waals surface area (Å²) in [4.78, 5) is 0. The van der Waals surface area contributed by atoms with Crippen LogP contribution in [0.2, 0.25) is 0 Å². The van der Waals surface area contributed by atoms with E-state index in [1.54, 1.807) is 0 Å². The molecule has 3 heteroatoms. The molecule has 0 amide bonds. The summed E-state index contributed by atoms with van der Waals surface area (Å²) >= 11 is 0. The monoisotopic (exact) mass is 701 g/mol. The average Bonchev–Trinajstić information content (AvgIpc) is 3.95.